The third-order valence-corrected chi connectivity index (χ3v) is 10.5. The van der Waals surface area contributed by atoms with E-state index < -0.39 is 0 Å². The van der Waals surface area contributed by atoms with Gasteiger partial charge in [-0.25, -0.2) is 4.79 Å². The number of cyclic esters (lactones) is 1. The van der Waals surface area contributed by atoms with Gasteiger partial charge in [0.05, 0.1) is 19.3 Å². The van der Waals surface area contributed by atoms with E-state index in [-0.39, 0.29) is 40.7 Å². The molecule has 8 atom stereocenters. The Labute approximate surface area is 201 Å². The van der Waals surface area contributed by atoms with Gasteiger partial charge < -0.3 is 18.9 Å². The van der Waals surface area contributed by atoms with Crippen molar-refractivity contribution in [2.45, 2.75) is 76.8 Å². The van der Waals surface area contributed by atoms with Gasteiger partial charge in [-0.3, -0.25) is 0 Å². The van der Waals surface area contributed by atoms with E-state index >= 15 is 0 Å². The second kappa shape index (κ2) is 6.55. The van der Waals surface area contributed by atoms with Gasteiger partial charge in [0.15, 0.2) is 11.5 Å². The molecule has 4 fully saturated rings. The molecular weight excluding hydrogens is 428 g/mol. The van der Waals surface area contributed by atoms with Crippen molar-refractivity contribution in [2.24, 2.45) is 29.1 Å². The van der Waals surface area contributed by atoms with E-state index in [4.69, 9.17) is 18.9 Å². The Morgan fingerprint density at radius 1 is 1.12 bits per heavy atom. The monoisotopic (exact) mass is 462 g/mol. The molecule has 2 saturated heterocycles. The van der Waals surface area contributed by atoms with Gasteiger partial charge in [-0.1, -0.05) is 58.0 Å². The molecule has 6 aliphatic rings. The highest BCUT2D eigenvalue weighted by atomic mass is 16.7. The van der Waals surface area contributed by atoms with Gasteiger partial charge in [-0.15, -0.1) is 0 Å². The fraction of sp³-hybridized carbons (Fsp3) is 0.621. The van der Waals surface area contributed by atoms with Crippen LogP contribution in [-0.2, 0) is 23.7 Å². The van der Waals surface area contributed by atoms with Crippen LogP contribution in [0, 0.1) is 29.1 Å². The van der Waals surface area contributed by atoms with Crippen molar-refractivity contribution >= 4 is 11.7 Å². The highest BCUT2D eigenvalue weighted by molar-refractivity contribution is 5.97. The summed E-state index contributed by atoms with van der Waals surface area (Å²) in [5, 5.41) is 0. The summed E-state index contributed by atoms with van der Waals surface area (Å²) >= 11 is 0. The summed E-state index contributed by atoms with van der Waals surface area (Å²) in [6.45, 7) is 9.47. The normalized spacial score (nSPS) is 47.1. The quantitative estimate of drug-likeness (QED) is 0.348. The molecule has 2 saturated carbocycles. The third-order valence-electron chi connectivity index (χ3n) is 10.5. The lowest BCUT2D eigenvalue weighted by atomic mass is 9.45. The Kier molecular flexibility index (Phi) is 4.09. The first-order chi connectivity index (χ1) is 16.3. The molecule has 34 heavy (non-hydrogen) atoms. The number of epoxide rings is 2. The molecule has 0 amide bonds. The Balaban J connectivity index is 1.36. The van der Waals surface area contributed by atoms with Crippen LogP contribution in [0.25, 0.3) is 5.76 Å². The standard InChI is InChI=1S/C29H34O5/c1-15(2)19-13-22-29(34-22)27(4)12-11-18-23(20(27)14-21-28(29,33-21)16(19)3)25(32-26(18)30)24(31-5)17-9-7-6-8-10-17/h6-10,15-16,19-22H,11-14H2,1-5H3/b25-24+. The van der Waals surface area contributed by atoms with Crippen LogP contribution in [0.3, 0.4) is 0 Å². The van der Waals surface area contributed by atoms with Gasteiger partial charge in [-0.2, -0.15) is 0 Å². The van der Waals surface area contributed by atoms with Crippen molar-refractivity contribution in [1.82, 2.24) is 0 Å². The van der Waals surface area contributed by atoms with Crippen LogP contribution < -0.4 is 0 Å². The van der Waals surface area contributed by atoms with E-state index in [1.807, 2.05) is 30.3 Å². The number of carbonyl (C=O) groups is 1. The second-order valence-electron chi connectivity index (χ2n) is 11.9. The minimum atomic E-state index is -0.256. The van der Waals surface area contributed by atoms with E-state index in [1.54, 1.807) is 7.11 Å². The Bertz CT molecular complexity index is 1150. The number of allylic oxidation sites excluding steroid dienone is 1. The zero-order valence-corrected chi connectivity index (χ0v) is 20.7. The smallest absolute Gasteiger partial charge is 0.339 e. The highest BCUT2D eigenvalue weighted by Crippen LogP contribution is 2.81. The van der Waals surface area contributed by atoms with Crippen LogP contribution in [-0.4, -0.2) is 36.5 Å². The number of methoxy groups -OCH3 is 1. The number of esters is 1. The molecule has 5 nitrogen and oxygen atoms in total. The maximum absolute atomic E-state index is 13.1. The van der Waals surface area contributed by atoms with Crippen LogP contribution >= 0.6 is 0 Å². The lowest BCUT2D eigenvalue weighted by Crippen LogP contribution is -2.64. The zero-order valence-electron chi connectivity index (χ0n) is 20.7. The number of ether oxygens (including phenoxy) is 4. The minimum Gasteiger partial charge on any atom is -0.492 e. The maximum Gasteiger partial charge on any atom is 0.339 e. The molecule has 1 aromatic carbocycles. The molecule has 5 heteroatoms. The summed E-state index contributed by atoms with van der Waals surface area (Å²) in [5.74, 6) is 2.89. The average molecular weight is 463 g/mol. The van der Waals surface area contributed by atoms with Gasteiger partial charge in [0, 0.05) is 22.1 Å². The number of hydrogen-bond donors (Lipinski definition) is 0. The van der Waals surface area contributed by atoms with Crippen molar-refractivity contribution in [2.75, 3.05) is 7.11 Å². The SMILES string of the molecule is CO/C(=C1/OC(=O)C2=C1C1CC3OC34C(C)C(C(C)C)CC3OC34C1(C)CC2)c1ccccc1. The van der Waals surface area contributed by atoms with Gasteiger partial charge in [-0.05, 0) is 49.4 Å². The molecule has 0 radical (unpaired) electrons. The predicted octanol–water partition coefficient (Wildman–Crippen LogP) is 5.26. The number of carbonyl (C=O) groups excluding carboxylic acids is 1. The molecule has 1 aromatic rings. The fourth-order valence-electron chi connectivity index (χ4n) is 8.88. The third kappa shape index (κ3) is 2.22. The first-order valence-electron chi connectivity index (χ1n) is 12.9. The minimum absolute atomic E-state index is 0.103. The van der Waals surface area contributed by atoms with E-state index in [9.17, 15) is 4.79 Å². The maximum atomic E-state index is 13.1. The first kappa shape index (κ1) is 21.2. The summed E-state index contributed by atoms with van der Waals surface area (Å²) in [4.78, 5) is 13.1. The summed E-state index contributed by atoms with van der Waals surface area (Å²) in [6.07, 6.45) is 4.10. The van der Waals surface area contributed by atoms with Crippen molar-refractivity contribution < 1.29 is 23.7 Å². The summed E-state index contributed by atoms with van der Waals surface area (Å²) < 4.78 is 25.4. The van der Waals surface area contributed by atoms with Crippen LogP contribution in [0.5, 0.6) is 0 Å². The average Bonchev–Trinajstić information content (AvgIpc) is 3.71. The summed E-state index contributed by atoms with van der Waals surface area (Å²) in [6, 6.07) is 9.95. The molecular formula is C29H34O5. The predicted molar refractivity (Wildman–Crippen MR) is 126 cm³/mol. The van der Waals surface area contributed by atoms with Crippen LogP contribution in [0.1, 0.15) is 58.9 Å². The van der Waals surface area contributed by atoms with E-state index in [0.29, 0.717) is 29.3 Å². The molecule has 3 heterocycles. The van der Waals surface area contributed by atoms with Crippen molar-refractivity contribution in [3.05, 3.63) is 52.8 Å². The molecule has 3 aliphatic carbocycles. The van der Waals surface area contributed by atoms with Crippen LogP contribution in [0.15, 0.2) is 47.2 Å². The van der Waals surface area contributed by atoms with Crippen LogP contribution in [0.2, 0.25) is 0 Å². The Hall–Kier alpha value is -2.11. The van der Waals surface area contributed by atoms with E-state index in [0.717, 1.165) is 42.4 Å². The lowest BCUT2D eigenvalue weighted by molar-refractivity contribution is -0.133. The van der Waals surface area contributed by atoms with Gasteiger partial charge in [0.25, 0.3) is 0 Å². The Morgan fingerprint density at radius 2 is 1.88 bits per heavy atom. The molecule has 180 valence electrons. The van der Waals surface area contributed by atoms with Crippen molar-refractivity contribution in [3.8, 4) is 0 Å². The van der Waals surface area contributed by atoms with Crippen molar-refractivity contribution in [3.63, 3.8) is 0 Å². The molecule has 0 bridgehead atoms. The topological polar surface area (TPSA) is 60.6 Å². The number of fused-ring (bicyclic) bond motifs is 2. The molecule has 7 rings (SSSR count). The van der Waals surface area contributed by atoms with Crippen LogP contribution in [0.4, 0.5) is 0 Å². The zero-order chi connectivity index (χ0) is 23.6. The molecule has 8 unspecified atom stereocenters. The molecule has 2 spiro atoms. The molecule has 0 N–H and O–H groups in total. The molecule has 0 aromatic heterocycles. The largest absolute Gasteiger partial charge is 0.492 e. The van der Waals surface area contributed by atoms with Crippen molar-refractivity contribution in [1.29, 1.82) is 0 Å². The molecule has 3 aliphatic heterocycles. The van der Waals surface area contributed by atoms with Gasteiger partial charge in [0.1, 0.15) is 11.2 Å². The van der Waals surface area contributed by atoms with E-state index in [2.05, 4.69) is 27.7 Å². The fourth-order valence-corrected chi connectivity index (χ4v) is 8.88. The first-order valence-corrected chi connectivity index (χ1v) is 12.9. The number of rotatable bonds is 3. The van der Waals surface area contributed by atoms with Gasteiger partial charge >= 0.3 is 5.97 Å². The highest BCUT2D eigenvalue weighted by Gasteiger charge is 2.92. The summed E-state index contributed by atoms with van der Waals surface area (Å²) in [7, 11) is 1.66. The van der Waals surface area contributed by atoms with Gasteiger partial charge in [0.2, 0.25) is 0 Å². The summed E-state index contributed by atoms with van der Waals surface area (Å²) in [5.41, 5.74) is 2.26. The number of benzene rings is 1. The van der Waals surface area contributed by atoms with E-state index in [1.165, 1.54) is 0 Å². The number of hydrogen-bond acceptors (Lipinski definition) is 5. The Morgan fingerprint density at radius 3 is 2.59 bits per heavy atom. The lowest BCUT2D eigenvalue weighted by Gasteiger charge is -2.54. The second-order valence-corrected chi connectivity index (χ2v) is 11.9.